The molecule has 0 aliphatic heterocycles. The van der Waals surface area contributed by atoms with E-state index in [2.05, 4.69) is 73.8 Å². The van der Waals surface area contributed by atoms with Gasteiger partial charge in [0.15, 0.2) is 0 Å². The van der Waals surface area contributed by atoms with Crippen molar-refractivity contribution in [1.82, 2.24) is 0 Å². The van der Waals surface area contributed by atoms with E-state index in [9.17, 15) is 0 Å². The second-order valence-corrected chi connectivity index (χ2v) is 4.75. The minimum absolute atomic E-state index is 0.525. The number of anilines is 1. The third-order valence-corrected chi connectivity index (χ3v) is 3.32. The molecule has 0 aromatic heterocycles. The Morgan fingerprint density at radius 2 is 1.78 bits per heavy atom. The van der Waals surface area contributed by atoms with Crippen molar-refractivity contribution < 1.29 is 0 Å². The summed E-state index contributed by atoms with van der Waals surface area (Å²) in [5, 5.41) is 3.52. The Morgan fingerprint density at radius 3 is 2.50 bits per heavy atom. The summed E-state index contributed by atoms with van der Waals surface area (Å²) in [6.45, 7) is 5.41. The van der Waals surface area contributed by atoms with Crippen LogP contribution in [0.15, 0.2) is 54.6 Å². The van der Waals surface area contributed by atoms with Crippen molar-refractivity contribution in [3.8, 4) is 0 Å². The molecule has 0 bridgehead atoms. The van der Waals surface area contributed by atoms with E-state index in [1.807, 2.05) is 0 Å². The fraction of sp³-hybridized carbons (Fsp3) is 0.294. The Morgan fingerprint density at radius 1 is 1.00 bits per heavy atom. The van der Waals surface area contributed by atoms with E-state index in [1.54, 1.807) is 0 Å². The highest BCUT2D eigenvalue weighted by atomic mass is 14.9. The highest BCUT2D eigenvalue weighted by molar-refractivity contribution is 5.46. The van der Waals surface area contributed by atoms with Gasteiger partial charge in [-0.3, -0.25) is 0 Å². The molecule has 0 saturated heterocycles. The second-order valence-electron chi connectivity index (χ2n) is 4.75. The van der Waals surface area contributed by atoms with Crippen LogP contribution in [0.3, 0.4) is 0 Å². The van der Waals surface area contributed by atoms with E-state index in [1.165, 1.54) is 16.8 Å². The van der Waals surface area contributed by atoms with Crippen molar-refractivity contribution in [2.24, 2.45) is 0 Å². The van der Waals surface area contributed by atoms with Crippen LogP contribution in [0.1, 0.15) is 30.9 Å². The first-order chi connectivity index (χ1) is 8.79. The zero-order chi connectivity index (χ0) is 12.8. The SMILES string of the molecule is CCc1cccc(NCC(C)c2ccccc2)c1. The van der Waals surface area contributed by atoms with Crippen molar-refractivity contribution in [1.29, 1.82) is 0 Å². The first-order valence-corrected chi connectivity index (χ1v) is 6.67. The van der Waals surface area contributed by atoms with E-state index in [4.69, 9.17) is 0 Å². The van der Waals surface area contributed by atoms with Gasteiger partial charge in [-0.25, -0.2) is 0 Å². The molecule has 0 heterocycles. The van der Waals surface area contributed by atoms with Gasteiger partial charge in [0.05, 0.1) is 0 Å². The van der Waals surface area contributed by atoms with Crippen molar-refractivity contribution in [3.05, 3.63) is 65.7 Å². The highest BCUT2D eigenvalue weighted by Gasteiger charge is 2.04. The largest absolute Gasteiger partial charge is 0.384 e. The number of rotatable bonds is 5. The molecule has 1 nitrogen and oxygen atoms in total. The van der Waals surface area contributed by atoms with E-state index < -0.39 is 0 Å². The van der Waals surface area contributed by atoms with Gasteiger partial charge in [-0.2, -0.15) is 0 Å². The third-order valence-electron chi connectivity index (χ3n) is 3.32. The van der Waals surface area contributed by atoms with Crippen molar-refractivity contribution in [2.75, 3.05) is 11.9 Å². The normalized spacial score (nSPS) is 12.1. The fourth-order valence-electron chi connectivity index (χ4n) is 2.07. The lowest BCUT2D eigenvalue weighted by molar-refractivity contribution is 0.805. The van der Waals surface area contributed by atoms with Crippen LogP contribution in [0.5, 0.6) is 0 Å². The molecule has 0 fully saturated rings. The lowest BCUT2D eigenvalue weighted by Gasteiger charge is -2.14. The third kappa shape index (κ3) is 3.36. The molecule has 1 atom stereocenters. The summed E-state index contributed by atoms with van der Waals surface area (Å²) in [6, 6.07) is 19.3. The standard InChI is InChI=1S/C17H21N/c1-3-15-8-7-11-17(12-15)18-13-14(2)16-9-5-4-6-10-16/h4-12,14,18H,3,13H2,1-2H3. The molecule has 1 unspecified atom stereocenters. The van der Waals surface area contributed by atoms with Gasteiger partial charge in [0.25, 0.3) is 0 Å². The average Bonchev–Trinajstić information content (AvgIpc) is 2.46. The molecule has 0 aliphatic carbocycles. The second kappa shape index (κ2) is 6.25. The Labute approximate surface area is 110 Å². The summed E-state index contributed by atoms with van der Waals surface area (Å²) in [5.41, 5.74) is 3.99. The zero-order valence-electron chi connectivity index (χ0n) is 11.2. The Balaban J connectivity index is 1.95. The first-order valence-electron chi connectivity index (χ1n) is 6.67. The quantitative estimate of drug-likeness (QED) is 0.812. The van der Waals surface area contributed by atoms with E-state index >= 15 is 0 Å². The minimum atomic E-state index is 0.525. The summed E-state index contributed by atoms with van der Waals surface area (Å²) in [5.74, 6) is 0.525. The maximum atomic E-state index is 3.52. The van der Waals surface area contributed by atoms with Crippen LogP contribution in [-0.2, 0) is 6.42 Å². The van der Waals surface area contributed by atoms with Crippen molar-refractivity contribution >= 4 is 5.69 Å². The fourth-order valence-corrected chi connectivity index (χ4v) is 2.07. The van der Waals surface area contributed by atoms with Crippen LogP contribution in [-0.4, -0.2) is 6.54 Å². The summed E-state index contributed by atoms with van der Waals surface area (Å²) < 4.78 is 0. The van der Waals surface area contributed by atoms with E-state index in [-0.39, 0.29) is 0 Å². The highest BCUT2D eigenvalue weighted by Crippen LogP contribution is 2.17. The predicted octanol–water partition coefficient (Wildman–Crippen LogP) is 4.46. The Kier molecular flexibility index (Phi) is 4.40. The van der Waals surface area contributed by atoms with Crippen molar-refractivity contribution in [3.63, 3.8) is 0 Å². The van der Waals surface area contributed by atoms with Gasteiger partial charge in [-0.1, -0.05) is 56.3 Å². The number of hydrogen-bond acceptors (Lipinski definition) is 1. The molecule has 0 spiro atoms. The Bertz CT molecular complexity index is 476. The van der Waals surface area contributed by atoms with Gasteiger partial charge in [0.1, 0.15) is 0 Å². The minimum Gasteiger partial charge on any atom is -0.384 e. The van der Waals surface area contributed by atoms with E-state index in [0.29, 0.717) is 5.92 Å². The van der Waals surface area contributed by atoms with Crippen LogP contribution in [0.25, 0.3) is 0 Å². The van der Waals surface area contributed by atoms with Crippen LogP contribution in [0.4, 0.5) is 5.69 Å². The zero-order valence-corrected chi connectivity index (χ0v) is 11.2. The molecule has 1 heteroatoms. The average molecular weight is 239 g/mol. The molecule has 2 aromatic carbocycles. The molecule has 0 radical (unpaired) electrons. The van der Waals surface area contributed by atoms with Crippen molar-refractivity contribution in [2.45, 2.75) is 26.2 Å². The molecule has 2 rings (SSSR count). The summed E-state index contributed by atoms with van der Waals surface area (Å²) in [6.07, 6.45) is 1.09. The molecular formula is C17H21N. The summed E-state index contributed by atoms with van der Waals surface area (Å²) in [7, 11) is 0. The summed E-state index contributed by atoms with van der Waals surface area (Å²) in [4.78, 5) is 0. The topological polar surface area (TPSA) is 12.0 Å². The van der Waals surface area contributed by atoms with Crippen LogP contribution in [0, 0.1) is 0 Å². The maximum Gasteiger partial charge on any atom is 0.0343 e. The van der Waals surface area contributed by atoms with Crippen LogP contribution in [0.2, 0.25) is 0 Å². The molecule has 0 saturated carbocycles. The first kappa shape index (κ1) is 12.7. The number of aryl methyl sites for hydroxylation is 1. The maximum absolute atomic E-state index is 3.52. The summed E-state index contributed by atoms with van der Waals surface area (Å²) >= 11 is 0. The molecular weight excluding hydrogens is 218 g/mol. The predicted molar refractivity (Wildman–Crippen MR) is 79.2 cm³/mol. The van der Waals surface area contributed by atoms with Crippen LogP contribution < -0.4 is 5.32 Å². The molecule has 94 valence electrons. The molecule has 0 aliphatic rings. The van der Waals surface area contributed by atoms with Gasteiger partial charge < -0.3 is 5.32 Å². The Hall–Kier alpha value is -1.76. The van der Waals surface area contributed by atoms with Gasteiger partial charge in [-0.05, 0) is 35.6 Å². The van der Waals surface area contributed by atoms with Gasteiger partial charge >= 0.3 is 0 Å². The molecule has 2 aromatic rings. The number of hydrogen-bond donors (Lipinski definition) is 1. The van der Waals surface area contributed by atoms with Gasteiger partial charge in [-0.15, -0.1) is 0 Å². The number of benzene rings is 2. The molecule has 0 amide bonds. The molecule has 1 N–H and O–H groups in total. The monoisotopic (exact) mass is 239 g/mol. The lowest BCUT2D eigenvalue weighted by atomic mass is 10.0. The van der Waals surface area contributed by atoms with Crippen LogP contribution >= 0.6 is 0 Å². The van der Waals surface area contributed by atoms with Gasteiger partial charge in [0, 0.05) is 12.2 Å². The van der Waals surface area contributed by atoms with Gasteiger partial charge in [0.2, 0.25) is 0 Å². The molecule has 18 heavy (non-hydrogen) atoms. The lowest BCUT2D eigenvalue weighted by Crippen LogP contribution is -2.09. The number of nitrogens with one attached hydrogen (secondary N) is 1. The van der Waals surface area contributed by atoms with E-state index in [0.717, 1.165) is 13.0 Å². The smallest absolute Gasteiger partial charge is 0.0343 e.